The molecule has 0 radical (unpaired) electrons. The number of para-hydroxylation sites is 1. The van der Waals surface area contributed by atoms with Crippen LogP contribution in [0.4, 0.5) is 5.69 Å². The summed E-state index contributed by atoms with van der Waals surface area (Å²) < 4.78 is 13.2. The highest BCUT2D eigenvalue weighted by Crippen LogP contribution is 2.39. The molecule has 0 spiro atoms. The molecule has 1 aromatic heterocycles. The average molecular weight is 471 g/mol. The van der Waals surface area contributed by atoms with Crippen molar-refractivity contribution in [2.45, 2.75) is 30.6 Å². The van der Waals surface area contributed by atoms with Crippen LogP contribution >= 0.6 is 23.4 Å². The predicted molar refractivity (Wildman–Crippen MR) is 120 cm³/mol. The molecule has 1 N–H and O–H groups in total. The van der Waals surface area contributed by atoms with E-state index in [0.717, 1.165) is 12.8 Å². The Morgan fingerprint density at radius 1 is 1.25 bits per heavy atom. The Kier molecular flexibility index (Phi) is 5.75. The second kappa shape index (κ2) is 8.84. The molecule has 164 valence electrons. The summed E-state index contributed by atoms with van der Waals surface area (Å²) in [6.07, 6.45) is 2.09. The van der Waals surface area contributed by atoms with E-state index >= 15 is 0 Å². The fourth-order valence-electron chi connectivity index (χ4n) is 3.38. The van der Waals surface area contributed by atoms with Gasteiger partial charge in [-0.25, -0.2) is 0 Å². The van der Waals surface area contributed by atoms with Gasteiger partial charge in [0.1, 0.15) is 18.1 Å². The number of thioether (sulfide) groups is 1. The lowest BCUT2D eigenvalue weighted by Crippen LogP contribution is -2.25. The minimum absolute atomic E-state index is 0.0184. The summed E-state index contributed by atoms with van der Waals surface area (Å²) in [4.78, 5) is 24.3. The number of anilines is 1. The van der Waals surface area contributed by atoms with Crippen LogP contribution in [-0.2, 0) is 11.4 Å². The number of ether oxygens (including phenoxy) is 2. The molecule has 1 fully saturated rings. The van der Waals surface area contributed by atoms with Crippen molar-refractivity contribution >= 4 is 40.7 Å². The van der Waals surface area contributed by atoms with Gasteiger partial charge in [0, 0.05) is 11.6 Å². The Morgan fingerprint density at radius 3 is 2.91 bits per heavy atom. The highest BCUT2D eigenvalue weighted by atomic mass is 35.5. The van der Waals surface area contributed by atoms with Gasteiger partial charge in [-0.15, -0.1) is 10.2 Å². The second-order valence-electron chi connectivity index (χ2n) is 7.48. The van der Waals surface area contributed by atoms with E-state index in [1.54, 1.807) is 30.3 Å². The van der Waals surface area contributed by atoms with Crippen molar-refractivity contribution in [1.29, 1.82) is 0 Å². The maximum atomic E-state index is 12.8. The first-order chi connectivity index (χ1) is 15.6. The van der Waals surface area contributed by atoms with E-state index in [9.17, 15) is 9.59 Å². The van der Waals surface area contributed by atoms with Crippen LogP contribution in [0.25, 0.3) is 0 Å². The number of carbonyl (C=O) groups excluding carboxylic acids is 2. The lowest BCUT2D eigenvalue weighted by Gasteiger charge is -2.18. The van der Waals surface area contributed by atoms with Crippen LogP contribution in [0.15, 0.2) is 47.6 Å². The zero-order valence-electron chi connectivity index (χ0n) is 16.9. The number of benzene rings is 2. The van der Waals surface area contributed by atoms with Gasteiger partial charge in [-0.3, -0.25) is 14.2 Å². The van der Waals surface area contributed by atoms with Gasteiger partial charge in [0.15, 0.2) is 23.4 Å². The van der Waals surface area contributed by atoms with Crippen molar-refractivity contribution in [3.05, 3.63) is 58.9 Å². The third-order valence-corrected chi connectivity index (χ3v) is 6.36. The lowest BCUT2D eigenvalue weighted by atomic mass is 10.1. The molecular formula is C22H19ClN4O4S. The molecule has 32 heavy (non-hydrogen) atoms. The lowest BCUT2D eigenvalue weighted by molar-refractivity contribution is -0.118. The summed E-state index contributed by atoms with van der Waals surface area (Å²) in [7, 11) is 0. The Morgan fingerprint density at radius 2 is 2.09 bits per heavy atom. The summed E-state index contributed by atoms with van der Waals surface area (Å²) in [5, 5.41) is 12.5. The highest BCUT2D eigenvalue weighted by molar-refractivity contribution is 7.99. The molecular weight excluding hydrogens is 452 g/mol. The van der Waals surface area contributed by atoms with Crippen molar-refractivity contribution in [2.24, 2.45) is 0 Å². The summed E-state index contributed by atoms with van der Waals surface area (Å²) in [6.45, 7) is 0.224. The van der Waals surface area contributed by atoms with Gasteiger partial charge in [0.05, 0.1) is 16.5 Å². The minimum atomic E-state index is -0.236. The Hall–Kier alpha value is -3.04. The molecule has 2 heterocycles. The van der Waals surface area contributed by atoms with Gasteiger partial charge in [-0.2, -0.15) is 0 Å². The molecule has 0 bridgehead atoms. The van der Waals surface area contributed by atoms with Crippen molar-refractivity contribution in [3.63, 3.8) is 0 Å². The summed E-state index contributed by atoms with van der Waals surface area (Å²) in [5.41, 5.74) is 1.01. The van der Waals surface area contributed by atoms with E-state index in [4.69, 9.17) is 21.1 Å². The maximum Gasteiger partial charge on any atom is 0.262 e. The molecule has 1 amide bonds. The molecule has 1 aliphatic heterocycles. The number of rotatable bonds is 8. The summed E-state index contributed by atoms with van der Waals surface area (Å²) in [6, 6.07) is 12.6. The number of ketones is 1. The van der Waals surface area contributed by atoms with Crippen LogP contribution in [0.1, 0.15) is 35.1 Å². The largest absolute Gasteiger partial charge is 0.484 e. The van der Waals surface area contributed by atoms with Crippen molar-refractivity contribution in [1.82, 2.24) is 14.8 Å². The zero-order chi connectivity index (χ0) is 22.1. The zero-order valence-corrected chi connectivity index (χ0v) is 18.5. The van der Waals surface area contributed by atoms with E-state index < -0.39 is 0 Å². The number of nitrogens with zero attached hydrogens (tertiary/aromatic N) is 3. The van der Waals surface area contributed by atoms with Gasteiger partial charge >= 0.3 is 0 Å². The molecule has 8 nitrogen and oxygen atoms in total. The number of Topliss-reactive ketones (excluding diaryl/α,β-unsaturated/α-hetero) is 1. The number of hydrogen-bond donors (Lipinski definition) is 1. The van der Waals surface area contributed by atoms with Crippen molar-refractivity contribution < 1.29 is 19.1 Å². The van der Waals surface area contributed by atoms with Crippen LogP contribution in [0, 0.1) is 0 Å². The van der Waals surface area contributed by atoms with Crippen LogP contribution in [0.3, 0.4) is 0 Å². The molecule has 3 aromatic rings. The minimum Gasteiger partial charge on any atom is -0.484 e. The molecule has 10 heteroatoms. The fraction of sp³-hybridized carbons (Fsp3) is 0.273. The quantitative estimate of drug-likeness (QED) is 0.390. The van der Waals surface area contributed by atoms with Gasteiger partial charge < -0.3 is 14.8 Å². The smallest absolute Gasteiger partial charge is 0.262 e. The van der Waals surface area contributed by atoms with E-state index in [0.29, 0.717) is 44.8 Å². The van der Waals surface area contributed by atoms with Gasteiger partial charge in [-0.05, 0) is 43.2 Å². The number of halogens is 1. The second-order valence-corrected chi connectivity index (χ2v) is 8.83. The number of hydrogen-bond acceptors (Lipinski definition) is 7. The summed E-state index contributed by atoms with van der Waals surface area (Å²) in [5.74, 6) is 1.75. The fourth-order valence-corrected chi connectivity index (χ4v) is 4.49. The van der Waals surface area contributed by atoms with E-state index in [1.165, 1.54) is 11.8 Å². The van der Waals surface area contributed by atoms with Gasteiger partial charge in [0.2, 0.25) is 0 Å². The SMILES string of the molecule is O=C1COc2ccc(C(=O)CSc3nnc(COc4ccccc4Cl)n3C3CC3)cc2N1. The molecule has 2 aromatic carbocycles. The number of amides is 1. The van der Waals surface area contributed by atoms with Crippen molar-refractivity contribution in [2.75, 3.05) is 17.7 Å². The standard InChI is InChI=1S/C22H19ClN4O4S/c23-15-3-1-2-4-18(15)30-10-20-25-26-22(27(20)14-6-7-14)32-12-17(28)13-5-8-19-16(9-13)24-21(29)11-31-19/h1-5,8-9,14H,6-7,10-12H2,(H,24,29). The van der Waals surface area contributed by atoms with E-state index in [1.807, 2.05) is 12.1 Å². The third kappa shape index (κ3) is 4.44. The number of nitrogens with one attached hydrogen (secondary N) is 1. The van der Waals surface area contributed by atoms with Crippen LogP contribution in [0.5, 0.6) is 11.5 Å². The number of aromatic nitrogens is 3. The monoisotopic (exact) mass is 470 g/mol. The molecule has 0 saturated heterocycles. The third-order valence-electron chi connectivity index (χ3n) is 5.11. The van der Waals surface area contributed by atoms with E-state index in [2.05, 4.69) is 20.1 Å². The summed E-state index contributed by atoms with van der Waals surface area (Å²) >= 11 is 7.51. The first-order valence-electron chi connectivity index (χ1n) is 10.1. The number of fused-ring (bicyclic) bond motifs is 1. The first-order valence-corrected chi connectivity index (χ1v) is 11.5. The van der Waals surface area contributed by atoms with Crippen molar-refractivity contribution in [3.8, 4) is 11.5 Å². The Bertz CT molecular complexity index is 1190. The van der Waals surface area contributed by atoms with Gasteiger partial charge in [0.25, 0.3) is 5.91 Å². The van der Waals surface area contributed by atoms with Crippen LogP contribution in [0.2, 0.25) is 5.02 Å². The number of carbonyl (C=O) groups is 2. The molecule has 2 aliphatic rings. The topological polar surface area (TPSA) is 95.3 Å². The van der Waals surface area contributed by atoms with Crippen LogP contribution in [-0.4, -0.2) is 38.8 Å². The predicted octanol–water partition coefficient (Wildman–Crippen LogP) is 4.15. The van der Waals surface area contributed by atoms with Crippen LogP contribution < -0.4 is 14.8 Å². The molecule has 1 saturated carbocycles. The highest BCUT2D eigenvalue weighted by Gasteiger charge is 2.30. The average Bonchev–Trinajstić information content (AvgIpc) is 3.56. The molecule has 0 atom stereocenters. The first kappa shape index (κ1) is 20.8. The molecule has 5 rings (SSSR count). The normalized spacial score (nSPS) is 15.0. The molecule has 0 unspecified atom stereocenters. The maximum absolute atomic E-state index is 12.8. The Balaban J connectivity index is 1.27. The Labute approximate surface area is 193 Å². The molecule has 1 aliphatic carbocycles. The van der Waals surface area contributed by atoms with Gasteiger partial charge in [-0.1, -0.05) is 35.5 Å². The van der Waals surface area contributed by atoms with E-state index in [-0.39, 0.29) is 30.7 Å².